The van der Waals surface area contributed by atoms with Crippen molar-refractivity contribution >= 4 is 17.5 Å². The van der Waals surface area contributed by atoms with Gasteiger partial charge in [-0.1, -0.05) is 48.0 Å². The number of nitrogens with one attached hydrogen (secondary N) is 1. The molecule has 0 radical (unpaired) electrons. The van der Waals surface area contributed by atoms with Crippen LogP contribution in [0.1, 0.15) is 5.56 Å². The van der Waals surface area contributed by atoms with Gasteiger partial charge >= 0.3 is 0 Å². The third-order valence-electron chi connectivity index (χ3n) is 2.74. The van der Waals surface area contributed by atoms with E-state index in [1.807, 2.05) is 48.5 Å². The Morgan fingerprint density at radius 2 is 1.84 bits per heavy atom. The predicted molar refractivity (Wildman–Crippen MR) is 77.8 cm³/mol. The molecular formula is C15H15ClN2O. The fourth-order valence-electron chi connectivity index (χ4n) is 1.81. The lowest BCUT2D eigenvalue weighted by atomic mass is 10.0. The number of rotatable bonds is 5. The molecule has 0 atom stereocenters. The van der Waals surface area contributed by atoms with Crippen molar-refractivity contribution in [2.75, 3.05) is 6.54 Å². The van der Waals surface area contributed by atoms with Gasteiger partial charge in [0.15, 0.2) is 0 Å². The normalized spacial score (nSPS) is 10.4. The van der Waals surface area contributed by atoms with Crippen molar-refractivity contribution in [3.63, 3.8) is 0 Å². The number of carbonyl (C=O) groups is 1. The molecule has 1 amide bonds. The molecule has 19 heavy (non-hydrogen) atoms. The topological polar surface area (TPSA) is 55.1 Å². The molecule has 0 aliphatic heterocycles. The van der Waals surface area contributed by atoms with Crippen LogP contribution in [-0.4, -0.2) is 12.5 Å². The lowest BCUT2D eigenvalue weighted by Crippen LogP contribution is -2.28. The first-order valence-corrected chi connectivity index (χ1v) is 6.37. The summed E-state index contributed by atoms with van der Waals surface area (Å²) in [6, 6.07) is 15.8. The van der Waals surface area contributed by atoms with Crippen LogP contribution in [-0.2, 0) is 11.3 Å². The zero-order chi connectivity index (χ0) is 13.7. The van der Waals surface area contributed by atoms with E-state index in [9.17, 15) is 4.79 Å². The number of hydrogen-bond donors (Lipinski definition) is 2. The van der Waals surface area contributed by atoms with Gasteiger partial charge in [-0.25, -0.2) is 0 Å². The molecule has 0 saturated heterocycles. The van der Waals surface area contributed by atoms with Crippen molar-refractivity contribution in [3.05, 3.63) is 59.1 Å². The van der Waals surface area contributed by atoms with E-state index in [1.54, 1.807) is 0 Å². The molecule has 98 valence electrons. The minimum atomic E-state index is -0.351. The standard InChI is InChI=1S/C15H15ClN2O/c16-14-3-1-2-13(8-14)12-6-4-11(5-7-12)9-18-10-15(17)19/h1-8,18H,9-10H2,(H2,17,19). The number of amides is 1. The number of halogens is 1. The Hall–Kier alpha value is -1.84. The lowest BCUT2D eigenvalue weighted by molar-refractivity contribution is -0.117. The summed E-state index contributed by atoms with van der Waals surface area (Å²) >= 11 is 5.97. The Morgan fingerprint density at radius 3 is 2.47 bits per heavy atom. The molecule has 4 heteroatoms. The number of nitrogens with two attached hydrogens (primary N) is 1. The lowest BCUT2D eigenvalue weighted by Gasteiger charge is -2.05. The molecule has 0 heterocycles. The quantitative estimate of drug-likeness (QED) is 0.880. The molecular weight excluding hydrogens is 260 g/mol. The van der Waals surface area contributed by atoms with Crippen LogP contribution in [0.5, 0.6) is 0 Å². The van der Waals surface area contributed by atoms with Gasteiger partial charge in [0, 0.05) is 11.6 Å². The van der Waals surface area contributed by atoms with Gasteiger partial charge in [0.2, 0.25) is 5.91 Å². The second kappa shape index (κ2) is 6.36. The molecule has 2 aromatic carbocycles. The molecule has 0 fully saturated rings. The second-order valence-electron chi connectivity index (χ2n) is 4.28. The molecule has 3 nitrogen and oxygen atoms in total. The summed E-state index contributed by atoms with van der Waals surface area (Å²) in [7, 11) is 0. The minimum Gasteiger partial charge on any atom is -0.369 e. The fraction of sp³-hybridized carbons (Fsp3) is 0.133. The highest BCUT2D eigenvalue weighted by Gasteiger charge is 1.99. The summed E-state index contributed by atoms with van der Waals surface area (Å²) in [5.41, 5.74) is 8.36. The highest BCUT2D eigenvalue weighted by Crippen LogP contribution is 2.22. The zero-order valence-electron chi connectivity index (χ0n) is 10.4. The SMILES string of the molecule is NC(=O)CNCc1ccc(-c2cccc(Cl)c2)cc1. The van der Waals surface area contributed by atoms with E-state index < -0.39 is 0 Å². The monoisotopic (exact) mass is 274 g/mol. The van der Waals surface area contributed by atoms with E-state index in [2.05, 4.69) is 5.32 Å². The summed E-state index contributed by atoms with van der Waals surface area (Å²) in [6.07, 6.45) is 0. The smallest absolute Gasteiger partial charge is 0.231 e. The number of hydrogen-bond acceptors (Lipinski definition) is 2. The average molecular weight is 275 g/mol. The van der Waals surface area contributed by atoms with Crippen molar-refractivity contribution in [1.29, 1.82) is 0 Å². The van der Waals surface area contributed by atoms with Gasteiger partial charge in [0.1, 0.15) is 0 Å². The Bertz CT molecular complexity index is 567. The molecule has 2 rings (SSSR count). The summed E-state index contributed by atoms with van der Waals surface area (Å²) < 4.78 is 0. The Morgan fingerprint density at radius 1 is 1.11 bits per heavy atom. The van der Waals surface area contributed by atoms with Crippen LogP contribution in [0.2, 0.25) is 5.02 Å². The molecule has 0 aromatic heterocycles. The average Bonchev–Trinajstić information content (AvgIpc) is 2.39. The van der Waals surface area contributed by atoms with Crippen LogP contribution in [0.25, 0.3) is 11.1 Å². The molecule has 0 aliphatic carbocycles. The van der Waals surface area contributed by atoms with Crippen molar-refractivity contribution in [3.8, 4) is 11.1 Å². The number of carbonyl (C=O) groups excluding carboxylic acids is 1. The third kappa shape index (κ3) is 4.09. The molecule has 0 saturated carbocycles. The van der Waals surface area contributed by atoms with E-state index in [4.69, 9.17) is 17.3 Å². The maximum Gasteiger partial charge on any atom is 0.231 e. The van der Waals surface area contributed by atoms with E-state index in [-0.39, 0.29) is 12.5 Å². The van der Waals surface area contributed by atoms with Gasteiger partial charge < -0.3 is 11.1 Å². The van der Waals surface area contributed by atoms with Gasteiger partial charge in [-0.3, -0.25) is 4.79 Å². The maximum absolute atomic E-state index is 10.6. The van der Waals surface area contributed by atoms with Gasteiger partial charge in [0.05, 0.1) is 6.54 Å². The summed E-state index contributed by atoms with van der Waals surface area (Å²) in [4.78, 5) is 10.6. The van der Waals surface area contributed by atoms with Crippen LogP contribution in [0.15, 0.2) is 48.5 Å². The van der Waals surface area contributed by atoms with E-state index in [1.165, 1.54) is 0 Å². The Balaban J connectivity index is 2.04. The summed E-state index contributed by atoms with van der Waals surface area (Å²) in [5, 5.41) is 3.70. The maximum atomic E-state index is 10.6. The molecule has 3 N–H and O–H groups in total. The molecule has 0 unspecified atom stereocenters. The highest BCUT2D eigenvalue weighted by atomic mass is 35.5. The van der Waals surface area contributed by atoms with E-state index >= 15 is 0 Å². The molecule has 0 aliphatic rings. The Kier molecular flexibility index (Phi) is 4.55. The van der Waals surface area contributed by atoms with Crippen LogP contribution in [0.4, 0.5) is 0 Å². The van der Waals surface area contributed by atoms with Gasteiger partial charge in [-0.2, -0.15) is 0 Å². The van der Waals surface area contributed by atoms with E-state index in [0.717, 1.165) is 21.7 Å². The van der Waals surface area contributed by atoms with E-state index in [0.29, 0.717) is 6.54 Å². The minimum absolute atomic E-state index is 0.191. The van der Waals surface area contributed by atoms with Crippen molar-refractivity contribution in [1.82, 2.24) is 5.32 Å². The highest BCUT2D eigenvalue weighted by molar-refractivity contribution is 6.30. The van der Waals surface area contributed by atoms with Crippen LogP contribution in [0, 0.1) is 0 Å². The van der Waals surface area contributed by atoms with Gasteiger partial charge in [-0.15, -0.1) is 0 Å². The predicted octanol–water partition coefficient (Wildman–Crippen LogP) is 2.58. The molecule has 0 bridgehead atoms. The third-order valence-corrected chi connectivity index (χ3v) is 2.98. The molecule has 2 aromatic rings. The largest absolute Gasteiger partial charge is 0.369 e. The van der Waals surface area contributed by atoms with Crippen LogP contribution < -0.4 is 11.1 Å². The number of benzene rings is 2. The first kappa shape index (κ1) is 13.6. The Labute approximate surface area is 117 Å². The zero-order valence-corrected chi connectivity index (χ0v) is 11.2. The molecule has 0 spiro atoms. The summed E-state index contributed by atoms with van der Waals surface area (Å²) in [6.45, 7) is 0.814. The van der Waals surface area contributed by atoms with Gasteiger partial charge in [-0.05, 0) is 28.8 Å². The van der Waals surface area contributed by atoms with Gasteiger partial charge in [0.25, 0.3) is 0 Å². The van der Waals surface area contributed by atoms with Crippen molar-refractivity contribution in [2.45, 2.75) is 6.54 Å². The van der Waals surface area contributed by atoms with Crippen LogP contribution in [0.3, 0.4) is 0 Å². The first-order valence-electron chi connectivity index (χ1n) is 5.99. The number of primary amides is 1. The van der Waals surface area contributed by atoms with Crippen molar-refractivity contribution < 1.29 is 4.79 Å². The fourth-order valence-corrected chi connectivity index (χ4v) is 2.00. The van der Waals surface area contributed by atoms with Crippen LogP contribution >= 0.6 is 11.6 Å². The first-order chi connectivity index (χ1) is 9.15. The van der Waals surface area contributed by atoms with Crippen molar-refractivity contribution in [2.24, 2.45) is 5.73 Å². The second-order valence-corrected chi connectivity index (χ2v) is 4.71. The summed E-state index contributed by atoms with van der Waals surface area (Å²) in [5.74, 6) is -0.351.